The molecule has 108 valence electrons. The van der Waals surface area contributed by atoms with Crippen molar-refractivity contribution in [1.29, 1.82) is 0 Å². The van der Waals surface area contributed by atoms with Crippen LogP contribution < -0.4 is 5.32 Å². The Labute approximate surface area is 117 Å². The lowest BCUT2D eigenvalue weighted by Gasteiger charge is -2.34. The molecule has 3 nitrogen and oxygen atoms in total. The van der Waals surface area contributed by atoms with Gasteiger partial charge in [-0.05, 0) is 64.8 Å². The number of nitrogens with one attached hydrogen (secondary N) is 1. The number of hydrogen-bond donors (Lipinski definition) is 1. The van der Waals surface area contributed by atoms with E-state index in [9.17, 15) is 0 Å². The Hall–Kier alpha value is -0.800. The van der Waals surface area contributed by atoms with Gasteiger partial charge in [-0.3, -0.25) is 4.90 Å². The summed E-state index contributed by atoms with van der Waals surface area (Å²) in [5.41, 5.74) is 0. The molecule has 1 heterocycles. The minimum absolute atomic E-state index is 0.713. The Morgan fingerprint density at radius 2 is 2.00 bits per heavy atom. The number of hydrogen-bond acceptors (Lipinski definition) is 3. The summed E-state index contributed by atoms with van der Waals surface area (Å²) in [6, 6.07) is 5.61. The van der Waals surface area contributed by atoms with Crippen molar-refractivity contribution >= 4 is 0 Å². The van der Waals surface area contributed by atoms with Crippen molar-refractivity contribution < 1.29 is 4.42 Å². The lowest BCUT2D eigenvalue weighted by molar-refractivity contribution is 0.158. The predicted octanol–water partition coefficient (Wildman–Crippen LogP) is 3.33. The molecule has 0 spiro atoms. The van der Waals surface area contributed by atoms with Gasteiger partial charge in [0.05, 0.1) is 6.54 Å². The van der Waals surface area contributed by atoms with Gasteiger partial charge < -0.3 is 9.73 Å². The number of aryl methyl sites for hydroxylation is 1. The van der Waals surface area contributed by atoms with Crippen LogP contribution in [0.3, 0.4) is 0 Å². The molecule has 19 heavy (non-hydrogen) atoms. The van der Waals surface area contributed by atoms with Crippen molar-refractivity contribution in [1.82, 2.24) is 10.2 Å². The first-order valence-electron chi connectivity index (χ1n) is 7.68. The van der Waals surface area contributed by atoms with Crippen molar-refractivity contribution in [2.24, 2.45) is 0 Å². The van der Waals surface area contributed by atoms with Crippen LogP contribution in [0.1, 0.15) is 50.5 Å². The number of nitrogens with zero attached hydrogens (tertiary/aromatic N) is 1. The molecule has 1 aliphatic carbocycles. The second kappa shape index (κ2) is 7.11. The highest BCUT2D eigenvalue weighted by atomic mass is 16.3. The first-order chi connectivity index (χ1) is 9.19. The zero-order valence-electron chi connectivity index (χ0n) is 12.6. The molecule has 0 atom stereocenters. The largest absolute Gasteiger partial charge is 0.465 e. The van der Waals surface area contributed by atoms with Crippen LogP contribution in [0.25, 0.3) is 0 Å². The molecule has 0 amide bonds. The maximum absolute atomic E-state index is 5.67. The molecule has 2 rings (SSSR count). The van der Waals surface area contributed by atoms with Gasteiger partial charge in [0.25, 0.3) is 0 Å². The van der Waals surface area contributed by atoms with Crippen LogP contribution >= 0.6 is 0 Å². The molecule has 0 aliphatic heterocycles. The molecule has 1 saturated carbocycles. The monoisotopic (exact) mass is 264 g/mol. The predicted molar refractivity (Wildman–Crippen MR) is 79.2 cm³/mol. The molecule has 0 unspecified atom stereocenters. The first-order valence-corrected chi connectivity index (χ1v) is 7.68. The van der Waals surface area contributed by atoms with E-state index in [2.05, 4.69) is 36.3 Å². The zero-order valence-corrected chi connectivity index (χ0v) is 12.6. The summed E-state index contributed by atoms with van der Waals surface area (Å²) in [5, 5.41) is 3.65. The average molecular weight is 264 g/mol. The van der Waals surface area contributed by atoms with Crippen LogP contribution in [0, 0.1) is 6.92 Å². The second-order valence-electron chi connectivity index (χ2n) is 5.89. The summed E-state index contributed by atoms with van der Waals surface area (Å²) in [5.74, 6) is 2.10. The average Bonchev–Trinajstić information content (AvgIpc) is 2.82. The maximum atomic E-state index is 5.67. The highest BCUT2D eigenvalue weighted by Crippen LogP contribution is 2.24. The molecule has 1 N–H and O–H groups in total. The molecule has 3 heteroatoms. The van der Waals surface area contributed by atoms with Crippen molar-refractivity contribution in [3.63, 3.8) is 0 Å². The Balaban J connectivity index is 1.74. The minimum Gasteiger partial charge on any atom is -0.465 e. The molecule has 0 bridgehead atoms. The summed E-state index contributed by atoms with van der Waals surface area (Å²) in [4.78, 5) is 2.45. The summed E-state index contributed by atoms with van der Waals surface area (Å²) in [6.07, 6.45) is 6.46. The summed E-state index contributed by atoms with van der Waals surface area (Å²) in [7, 11) is 2.22. The van der Waals surface area contributed by atoms with E-state index in [0.29, 0.717) is 6.04 Å². The summed E-state index contributed by atoms with van der Waals surface area (Å²) < 4.78 is 5.67. The molecule has 1 aromatic heterocycles. The number of rotatable bonds is 6. The van der Waals surface area contributed by atoms with Gasteiger partial charge >= 0.3 is 0 Å². The highest BCUT2D eigenvalue weighted by Gasteiger charge is 2.23. The van der Waals surface area contributed by atoms with Crippen LogP contribution in [-0.2, 0) is 6.54 Å². The molecule has 0 saturated heterocycles. The fourth-order valence-corrected chi connectivity index (χ4v) is 3.01. The third kappa shape index (κ3) is 4.36. The Morgan fingerprint density at radius 3 is 2.58 bits per heavy atom. The van der Waals surface area contributed by atoms with Crippen LogP contribution in [0.2, 0.25) is 0 Å². The zero-order chi connectivity index (χ0) is 13.7. The standard InChI is InChI=1S/C16H28N2O/c1-4-11-17-14-6-8-15(9-7-14)18(3)12-16-10-5-13(2)19-16/h5,10,14-15,17H,4,6-9,11-12H2,1-3H3. The topological polar surface area (TPSA) is 28.4 Å². The van der Waals surface area contributed by atoms with Gasteiger partial charge in [-0.15, -0.1) is 0 Å². The summed E-state index contributed by atoms with van der Waals surface area (Å²) in [6.45, 7) is 6.34. The minimum atomic E-state index is 0.713. The van der Waals surface area contributed by atoms with Gasteiger partial charge in [-0.2, -0.15) is 0 Å². The van der Waals surface area contributed by atoms with E-state index in [-0.39, 0.29) is 0 Å². The molecule has 1 fully saturated rings. The van der Waals surface area contributed by atoms with E-state index in [1.165, 1.54) is 32.1 Å². The van der Waals surface area contributed by atoms with Crippen LogP contribution in [0.5, 0.6) is 0 Å². The Morgan fingerprint density at radius 1 is 1.26 bits per heavy atom. The van der Waals surface area contributed by atoms with Crippen LogP contribution in [0.15, 0.2) is 16.5 Å². The molecule has 0 aromatic carbocycles. The SMILES string of the molecule is CCCNC1CCC(N(C)Cc2ccc(C)o2)CC1. The van der Waals surface area contributed by atoms with Gasteiger partial charge in [-0.25, -0.2) is 0 Å². The molecule has 1 aliphatic rings. The van der Waals surface area contributed by atoms with Crippen LogP contribution in [0.4, 0.5) is 0 Å². The summed E-state index contributed by atoms with van der Waals surface area (Å²) >= 11 is 0. The van der Waals surface area contributed by atoms with Gasteiger partial charge in [0.15, 0.2) is 0 Å². The van der Waals surface area contributed by atoms with E-state index in [0.717, 1.165) is 30.7 Å². The Kier molecular flexibility index (Phi) is 5.46. The van der Waals surface area contributed by atoms with E-state index >= 15 is 0 Å². The smallest absolute Gasteiger partial charge is 0.118 e. The number of furan rings is 1. The van der Waals surface area contributed by atoms with Gasteiger partial charge in [-0.1, -0.05) is 6.92 Å². The lowest BCUT2D eigenvalue weighted by atomic mass is 9.90. The van der Waals surface area contributed by atoms with Gasteiger partial charge in [0.1, 0.15) is 11.5 Å². The first kappa shape index (κ1) is 14.6. The third-order valence-corrected chi connectivity index (χ3v) is 4.20. The Bertz CT molecular complexity index is 367. The van der Waals surface area contributed by atoms with E-state index in [1.807, 2.05) is 6.92 Å². The van der Waals surface area contributed by atoms with Crippen molar-refractivity contribution in [3.8, 4) is 0 Å². The van der Waals surface area contributed by atoms with E-state index in [1.54, 1.807) is 0 Å². The van der Waals surface area contributed by atoms with E-state index in [4.69, 9.17) is 4.42 Å². The lowest BCUT2D eigenvalue weighted by Crippen LogP contribution is -2.40. The van der Waals surface area contributed by atoms with Crippen LogP contribution in [-0.4, -0.2) is 30.6 Å². The van der Waals surface area contributed by atoms with E-state index < -0.39 is 0 Å². The maximum Gasteiger partial charge on any atom is 0.118 e. The van der Waals surface area contributed by atoms with Crippen molar-refractivity contribution in [2.75, 3.05) is 13.6 Å². The molecule has 0 radical (unpaired) electrons. The normalized spacial score (nSPS) is 24.0. The van der Waals surface area contributed by atoms with Gasteiger partial charge in [0, 0.05) is 12.1 Å². The van der Waals surface area contributed by atoms with Crippen molar-refractivity contribution in [2.45, 2.75) is 64.6 Å². The quantitative estimate of drug-likeness (QED) is 0.854. The molecular weight excluding hydrogens is 236 g/mol. The second-order valence-corrected chi connectivity index (χ2v) is 5.89. The molecule has 1 aromatic rings. The highest BCUT2D eigenvalue weighted by molar-refractivity contribution is 5.05. The van der Waals surface area contributed by atoms with Gasteiger partial charge in [0.2, 0.25) is 0 Å². The third-order valence-electron chi connectivity index (χ3n) is 4.20. The fourth-order valence-electron chi connectivity index (χ4n) is 3.01. The van der Waals surface area contributed by atoms with Crippen molar-refractivity contribution in [3.05, 3.63) is 23.7 Å². The fraction of sp³-hybridized carbons (Fsp3) is 0.750. The molecular formula is C16H28N2O.